The van der Waals surface area contributed by atoms with Gasteiger partial charge in [0.05, 0.1) is 6.10 Å². The van der Waals surface area contributed by atoms with E-state index in [4.69, 9.17) is 0 Å². The SMILES string of the molecule is CC1CCCC1C(=O)N1CC[C@H](O)C1. The van der Waals surface area contributed by atoms with Gasteiger partial charge in [0.25, 0.3) is 0 Å². The lowest BCUT2D eigenvalue weighted by molar-refractivity contribution is -0.135. The fourth-order valence-electron chi connectivity index (χ4n) is 2.69. The molecule has 3 heteroatoms. The lowest BCUT2D eigenvalue weighted by Gasteiger charge is -2.22. The van der Waals surface area contributed by atoms with Crippen LogP contribution < -0.4 is 0 Å². The Morgan fingerprint density at radius 1 is 1.36 bits per heavy atom. The molecule has 0 aromatic rings. The van der Waals surface area contributed by atoms with E-state index in [0.29, 0.717) is 12.5 Å². The van der Waals surface area contributed by atoms with Crippen molar-refractivity contribution in [1.29, 1.82) is 0 Å². The monoisotopic (exact) mass is 197 g/mol. The molecular weight excluding hydrogens is 178 g/mol. The number of aliphatic hydroxyl groups excluding tert-OH is 1. The first-order chi connectivity index (χ1) is 6.68. The first kappa shape index (κ1) is 9.97. The third-order valence-electron chi connectivity index (χ3n) is 3.65. The minimum Gasteiger partial charge on any atom is -0.391 e. The van der Waals surface area contributed by atoms with Crippen molar-refractivity contribution < 1.29 is 9.90 Å². The molecule has 14 heavy (non-hydrogen) atoms. The van der Waals surface area contributed by atoms with Crippen molar-refractivity contribution in [2.45, 2.75) is 38.7 Å². The van der Waals surface area contributed by atoms with Crippen LogP contribution in [0.3, 0.4) is 0 Å². The van der Waals surface area contributed by atoms with Crippen molar-refractivity contribution in [3.63, 3.8) is 0 Å². The zero-order chi connectivity index (χ0) is 10.1. The predicted octanol–water partition coefficient (Wildman–Crippen LogP) is 1.02. The lowest BCUT2D eigenvalue weighted by atomic mass is 9.97. The summed E-state index contributed by atoms with van der Waals surface area (Å²) in [5.74, 6) is 1.06. The van der Waals surface area contributed by atoms with Gasteiger partial charge in [0.1, 0.15) is 0 Å². The molecular formula is C11H19NO2. The van der Waals surface area contributed by atoms with Crippen molar-refractivity contribution in [3.8, 4) is 0 Å². The number of carbonyl (C=O) groups is 1. The normalized spacial score (nSPS) is 37.9. The van der Waals surface area contributed by atoms with Gasteiger partial charge in [0.2, 0.25) is 5.91 Å². The minimum absolute atomic E-state index is 0.236. The maximum Gasteiger partial charge on any atom is 0.226 e. The Balaban J connectivity index is 1.94. The van der Waals surface area contributed by atoms with Crippen LogP contribution in [0.5, 0.6) is 0 Å². The van der Waals surface area contributed by atoms with Crippen molar-refractivity contribution in [1.82, 2.24) is 4.90 Å². The molecule has 2 rings (SSSR count). The smallest absolute Gasteiger partial charge is 0.226 e. The van der Waals surface area contributed by atoms with E-state index in [1.165, 1.54) is 12.8 Å². The maximum absolute atomic E-state index is 12.0. The topological polar surface area (TPSA) is 40.5 Å². The van der Waals surface area contributed by atoms with E-state index in [1.807, 2.05) is 4.90 Å². The zero-order valence-corrected chi connectivity index (χ0v) is 8.78. The Morgan fingerprint density at radius 3 is 2.64 bits per heavy atom. The van der Waals surface area contributed by atoms with E-state index in [9.17, 15) is 9.90 Å². The fourth-order valence-corrected chi connectivity index (χ4v) is 2.69. The van der Waals surface area contributed by atoms with Crippen LogP contribution >= 0.6 is 0 Å². The Morgan fingerprint density at radius 2 is 2.14 bits per heavy atom. The number of amides is 1. The van der Waals surface area contributed by atoms with Gasteiger partial charge < -0.3 is 10.0 Å². The molecule has 1 aliphatic carbocycles. The maximum atomic E-state index is 12.0. The van der Waals surface area contributed by atoms with Gasteiger partial charge >= 0.3 is 0 Å². The highest BCUT2D eigenvalue weighted by molar-refractivity contribution is 5.79. The molecule has 3 nitrogen and oxygen atoms in total. The number of likely N-dealkylation sites (tertiary alicyclic amines) is 1. The lowest BCUT2D eigenvalue weighted by Crippen LogP contribution is -2.35. The number of rotatable bonds is 1. The number of hydrogen-bond acceptors (Lipinski definition) is 2. The Bertz CT molecular complexity index is 229. The molecule has 80 valence electrons. The molecule has 0 radical (unpaired) electrons. The molecule has 0 bridgehead atoms. The standard InChI is InChI=1S/C11H19NO2/c1-8-3-2-4-10(8)11(14)12-6-5-9(13)7-12/h8-10,13H,2-7H2,1H3/t8?,9-,10?/m0/s1. The third-order valence-corrected chi connectivity index (χ3v) is 3.65. The van der Waals surface area contributed by atoms with Crippen molar-refractivity contribution in [2.24, 2.45) is 11.8 Å². The van der Waals surface area contributed by atoms with Crippen LogP contribution in [0.4, 0.5) is 0 Å². The second-order valence-corrected chi connectivity index (χ2v) is 4.74. The van der Waals surface area contributed by atoms with Gasteiger partial charge in [-0.25, -0.2) is 0 Å². The highest BCUT2D eigenvalue weighted by atomic mass is 16.3. The van der Waals surface area contributed by atoms with E-state index in [1.54, 1.807) is 0 Å². The van der Waals surface area contributed by atoms with Gasteiger partial charge in [0.15, 0.2) is 0 Å². The Hall–Kier alpha value is -0.570. The summed E-state index contributed by atoms with van der Waals surface area (Å²) >= 11 is 0. The summed E-state index contributed by atoms with van der Waals surface area (Å²) in [6.45, 7) is 3.48. The van der Waals surface area contributed by atoms with Gasteiger partial charge in [-0.3, -0.25) is 4.79 Å². The molecule has 0 spiro atoms. The van der Waals surface area contributed by atoms with E-state index < -0.39 is 0 Å². The van der Waals surface area contributed by atoms with Gasteiger partial charge in [-0.05, 0) is 25.2 Å². The molecule has 2 aliphatic rings. The highest BCUT2D eigenvalue weighted by Gasteiger charge is 2.35. The van der Waals surface area contributed by atoms with Crippen LogP contribution in [-0.2, 0) is 4.79 Å². The van der Waals surface area contributed by atoms with E-state index >= 15 is 0 Å². The molecule has 3 atom stereocenters. The summed E-state index contributed by atoms with van der Waals surface area (Å²) in [6.07, 6.45) is 3.90. The van der Waals surface area contributed by atoms with Gasteiger partial charge in [-0.1, -0.05) is 13.3 Å². The van der Waals surface area contributed by atoms with Gasteiger partial charge in [-0.2, -0.15) is 0 Å². The highest BCUT2D eigenvalue weighted by Crippen LogP contribution is 2.33. The summed E-state index contributed by atoms with van der Waals surface area (Å²) in [7, 11) is 0. The Kier molecular flexibility index (Phi) is 2.77. The predicted molar refractivity (Wildman–Crippen MR) is 53.7 cm³/mol. The summed E-state index contributed by atoms with van der Waals surface area (Å²) < 4.78 is 0. The first-order valence-corrected chi connectivity index (χ1v) is 5.65. The second-order valence-electron chi connectivity index (χ2n) is 4.74. The number of hydrogen-bond donors (Lipinski definition) is 1. The summed E-state index contributed by atoms with van der Waals surface area (Å²) in [5.41, 5.74) is 0. The molecule has 2 fully saturated rings. The summed E-state index contributed by atoms with van der Waals surface area (Å²) in [5, 5.41) is 9.36. The van der Waals surface area contributed by atoms with Crippen molar-refractivity contribution in [2.75, 3.05) is 13.1 Å². The third kappa shape index (κ3) is 1.78. The van der Waals surface area contributed by atoms with Crippen LogP contribution in [0.2, 0.25) is 0 Å². The van der Waals surface area contributed by atoms with Crippen LogP contribution in [0.25, 0.3) is 0 Å². The van der Waals surface area contributed by atoms with E-state index in [0.717, 1.165) is 19.4 Å². The number of carbonyl (C=O) groups excluding carboxylic acids is 1. The van der Waals surface area contributed by atoms with Crippen LogP contribution in [0.15, 0.2) is 0 Å². The van der Waals surface area contributed by atoms with Gasteiger partial charge in [-0.15, -0.1) is 0 Å². The number of nitrogens with zero attached hydrogens (tertiary/aromatic N) is 1. The second kappa shape index (κ2) is 3.89. The molecule has 1 heterocycles. The molecule has 0 aromatic heterocycles. The van der Waals surface area contributed by atoms with Crippen LogP contribution in [0, 0.1) is 11.8 Å². The van der Waals surface area contributed by atoms with Crippen molar-refractivity contribution in [3.05, 3.63) is 0 Å². The van der Waals surface area contributed by atoms with E-state index in [-0.39, 0.29) is 17.9 Å². The molecule has 1 amide bonds. The molecule has 2 unspecified atom stereocenters. The van der Waals surface area contributed by atoms with Crippen LogP contribution in [-0.4, -0.2) is 35.1 Å². The minimum atomic E-state index is -0.282. The Labute approximate surface area is 85.1 Å². The summed E-state index contributed by atoms with van der Waals surface area (Å²) in [6, 6.07) is 0. The number of β-amino-alcohol motifs (C(OH)–C–C–N with tert-alkyl or cyclic N) is 1. The molecule has 1 N–H and O–H groups in total. The average molecular weight is 197 g/mol. The molecule has 1 saturated carbocycles. The van der Waals surface area contributed by atoms with Gasteiger partial charge in [0, 0.05) is 19.0 Å². The van der Waals surface area contributed by atoms with Crippen LogP contribution in [0.1, 0.15) is 32.6 Å². The first-order valence-electron chi connectivity index (χ1n) is 5.65. The largest absolute Gasteiger partial charge is 0.391 e. The quantitative estimate of drug-likeness (QED) is 0.681. The zero-order valence-electron chi connectivity index (χ0n) is 8.78. The molecule has 0 aromatic carbocycles. The fraction of sp³-hybridized carbons (Fsp3) is 0.909. The van der Waals surface area contributed by atoms with Crippen molar-refractivity contribution >= 4 is 5.91 Å². The average Bonchev–Trinajstić information content (AvgIpc) is 2.73. The molecule has 1 aliphatic heterocycles. The summed E-state index contributed by atoms with van der Waals surface area (Å²) in [4.78, 5) is 13.9. The van der Waals surface area contributed by atoms with E-state index in [2.05, 4.69) is 6.92 Å². The molecule has 1 saturated heterocycles. The number of aliphatic hydroxyl groups is 1.